The molecule has 1 heterocycles. The molecule has 3 N–H and O–H groups in total. The molecule has 0 unspecified atom stereocenters. The number of hydrogen-bond acceptors (Lipinski definition) is 4. The number of fused-ring (bicyclic) bond motifs is 1. The fourth-order valence-corrected chi connectivity index (χ4v) is 3.79. The molecule has 5 nitrogen and oxygen atoms in total. The van der Waals surface area contributed by atoms with Gasteiger partial charge in [-0.2, -0.15) is 26.3 Å². The van der Waals surface area contributed by atoms with Crippen LogP contribution in [-0.2, 0) is 12.0 Å². The summed E-state index contributed by atoms with van der Waals surface area (Å²) in [6.07, 6.45) is -11.9. The first-order chi connectivity index (χ1) is 16.3. The number of benzene rings is 3. The van der Waals surface area contributed by atoms with Crippen molar-refractivity contribution in [1.82, 2.24) is 9.55 Å². The number of halogens is 6. The number of para-hydroxylation sites is 1. The Morgan fingerprint density at radius 3 is 2.09 bits per heavy atom. The topological polar surface area (TPSA) is 81.1 Å². The average Bonchev–Trinajstić information content (AvgIpc) is 2.77. The maximum absolute atomic E-state index is 13.3. The molecule has 0 bridgehead atoms. The van der Waals surface area contributed by atoms with Crippen molar-refractivity contribution in [2.75, 3.05) is 5.73 Å². The highest BCUT2D eigenvalue weighted by molar-refractivity contribution is 5.77. The van der Waals surface area contributed by atoms with Gasteiger partial charge in [0.2, 0.25) is 0 Å². The minimum absolute atomic E-state index is 0.0254. The molecule has 4 aromatic rings. The third-order valence-electron chi connectivity index (χ3n) is 5.52. The first kappa shape index (κ1) is 24.3. The van der Waals surface area contributed by atoms with Gasteiger partial charge in [-0.1, -0.05) is 36.4 Å². The molecule has 35 heavy (non-hydrogen) atoms. The van der Waals surface area contributed by atoms with Crippen LogP contribution in [0.15, 0.2) is 77.6 Å². The van der Waals surface area contributed by atoms with E-state index in [4.69, 9.17) is 5.73 Å². The summed E-state index contributed by atoms with van der Waals surface area (Å²) >= 11 is 0. The zero-order valence-electron chi connectivity index (χ0n) is 17.7. The molecular weight excluding hydrogens is 476 g/mol. The zero-order valence-corrected chi connectivity index (χ0v) is 17.7. The molecule has 1 aromatic heterocycles. The minimum atomic E-state index is -6.02. The Hall–Kier alpha value is -3.86. The van der Waals surface area contributed by atoms with E-state index in [1.54, 1.807) is 42.5 Å². The second kappa shape index (κ2) is 8.42. The van der Waals surface area contributed by atoms with E-state index in [-0.39, 0.29) is 23.3 Å². The SMILES string of the molecule is Nc1cccc(Cc2nc3ccccc3c(=O)n2-c2ccc(C(O)(C(F)(F)F)C(F)(F)F)cc2)c1. The van der Waals surface area contributed by atoms with Crippen LogP contribution in [0.2, 0.25) is 0 Å². The molecule has 0 saturated heterocycles. The Morgan fingerprint density at radius 1 is 0.857 bits per heavy atom. The molecule has 182 valence electrons. The standard InChI is InChI=1S/C24H17F6N3O2/c25-23(26,27)22(35,24(28,29)30)15-8-10-17(11-9-15)33-20(13-14-4-3-5-16(31)12-14)32-19-7-2-1-6-18(19)21(33)34/h1-12,35H,13,31H2. The predicted molar refractivity (Wildman–Crippen MR) is 117 cm³/mol. The van der Waals surface area contributed by atoms with Crippen LogP contribution in [0, 0.1) is 0 Å². The van der Waals surface area contributed by atoms with E-state index in [9.17, 15) is 36.2 Å². The van der Waals surface area contributed by atoms with E-state index in [1.165, 1.54) is 6.07 Å². The van der Waals surface area contributed by atoms with Crippen LogP contribution in [0.3, 0.4) is 0 Å². The number of anilines is 1. The highest BCUT2D eigenvalue weighted by Gasteiger charge is 2.71. The Bertz CT molecular complexity index is 1430. The maximum atomic E-state index is 13.3. The van der Waals surface area contributed by atoms with Crippen LogP contribution in [0.1, 0.15) is 17.0 Å². The normalized spacial score (nSPS) is 12.8. The number of rotatable bonds is 4. The van der Waals surface area contributed by atoms with Crippen molar-refractivity contribution in [3.63, 3.8) is 0 Å². The largest absolute Gasteiger partial charge is 0.430 e. The molecule has 0 spiro atoms. The third-order valence-corrected chi connectivity index (χ3v) is 5.52. The van der Waals surface area contributed by atoms with Gasteiger partial charge < -0.3 is 10.8 Å². The summed E-state index contributed by atoms with van der Waals surface area (Å²) in [6, 6.07) is 15.9. The molecular formula is C24H17F6N3O2. The second-order valence-corrected chi connectivity index (χ2v) is 7.86. The molecule has 0 amide bonds. The summed E-state index contributed by atoms with van der Waals surface area (Å²) in [5, 5.41) is 9.85. The lowest BCUT2D eigenvalue weighted by atomic mass is 9.92. The van der Waals surface area contributed by atoms with E-state index >= 15 is 0 Å². The van der Waals surface area contributed by atoms with E-state index in [0.717, 1.165) is 16.7 Å². The van der Waals surface area contributed by atoms with Gasteiger partial charge in [0.25, 0.3) is 11.2 Å². The van der Waals surface area contributed by atoms with Crippen molar-refractivity contribution < 1.29 is 31.4 Å². The Balaban J connectivity index is 1.89. The van der Waals surface area contributed by atoms with Crippen LogP contribution in [0.25, 0.3) is 16.6 Å². The van der Waals surface area contributed by atoms with Crippen molar-refractivity contribution in [2.45, 2.75) is 24.4 Å². The second-order valence-electron chi connectivity index (χ2n) is 7.86. The van der Waals surface area contributed by atoms with Crippen molar-refractivity contribution in [2.24, 2.45) is 0 Å². The third kappa shape index (κ3) is 4.23. The quantitative estimate of drug-likeness (QED) is 0.314. The lowest BCUT2D eigenvalue weighted by Crippen LogP contribution is -2.53. The van der Waals surface area contributed by atoms with Gasteiger partial charge in [0, 0.05) is 17.7 Å². The van der Waals surface area contributed by atoms with E-state index < -0.39 is 29.1 Å². The number of alkyl halides is 6. The fraction of sp³-hybridized carbons (Fsp3) is 0.167. The summed E-state index contributed by atoms with van der Waals surface area (Å²) in [5.74, 6) is 0.189. The number of hydrogen-bond donors (Lipinski definition) is 2. The summed E-state index contributed by atoms with van der Waals surface area (Å²) in [7, 11) is 0. The first-order valence-electron chi connectivity index (χ1n) is 10.1. The average molecular weight is 493 g/mol. The van der Waals surface area contributed by atoms with Gasteiger partial charge in [0.15, 0.2) is 0 Å². The van der Waals surface area contributed by atoms with Crippen LogP contribution in [0.5, 0.6) is 0 Å². The van der Waals surface area contributed by atoms with E-state index in [1.807, 2.05) is 0 Å². The summed E-state index contributed by atoms with van der Waals surface area (Å²) in [6.45, 7) is 0. The fourth-order valence-electron chi connectivity index (χ4n) is 3.79. The number of aromatic nitrogens is 2. The highest BCUT2D eigenvalue weighted by Crippen LogP contribution is 2.50. The van der Waals surface area contributed by atoms with Gasteiger partial charge in [-0.25, -0.2) is 4.98 Å². The first-order valence-corrected chi connectivity index (χ1v) is 10.1. The van der Waals surface area contributed by atoms with Crippen molar-refractivity contribution >= 4 is 16.6 Å². The van der Waals surface area contributed by atoms with Gasteiger partial charge in [-0.15, -0.1) is 0 Å². The lowest BCUT2D eigenvalue weighted by molar-refractivity contribution is -0.376. The van der Waals surface area contributed by atoms with Crippen molar-refractivity contribution in [3.8, 4) is 5.69 Å². The van der Waals surface area contributed by atoms with Crippen LogP contribution >= 0.6 is 0 Å². The summed E-state index contributed by atoms with van der Waals surface area (Å²) in [5.41, 5.74) is 0.226. The van der Waals surface area contributed by atoms with Crippen molar-refractivity contribution in [3.05, 3.63) is 100 Å². The van der Waals surface area contributed by atoms with Crippen LogP contribution in [-0.4, -0.2) is 27.0 Å². The summed E-state index contributed by atoms with van der Waals surface area (Å²) < 4.78 is 80.6. The van der Waals surface area contributed by atoms with Gasteiger partial charge in [-0.3, -0.25) is 9.36 Å². The van der Waals surface area contributed by atoms with Gasteiger partial charge in [0.05, 0.1) is 16.6 Å². The molecule has 3 aromatic carbocycles. The monoisotopic (exact) mass is 493 g/mol. The smallest absolute Gasteiger partial charge is 0.399 e. The number of nitrogen functional groups attached to an aromatic ring is 1. The zero-order chi connectivity index (χ0) is 25.6. The lowest BCUT2D eigenvalue weighted by Gasteiger charge is -2.32. The van der Waals surface area contributed by atoms with Crippen LogP contribution in [0.4, 0.5) is 32.0 Å². The number of nitrogens with zero attached hydrogens (tertiary/aromatic N) is 2. The molecule has 0 saturated carbocycles. The maximum Gasteiger partial charge on any atom is 0.430 e. The van der Waals surface area contributed by atoms with Gasteiger partial charge in [0.1, 0.15) is 5.82 Å². The van der Waals surface area contributed by atoms with Crippen LogP contribution < -0.4 is 11.3 Å². The minimum Gasteiger partial charge on any atom is -0.399 e. The molecule has 0 aliphatic rings. The molecule has 0 aliphatic heterocycles. The molecule has 0 aliphatic carbocycles. The molecule has 0 fully saturated rings. The Kier molecular flexibility index (Phi) is 5.84. The number of nitrogens with two attached hydrogens (primary N) is 1. The number of aliphatic hydroxyl groups is 1. The van der Waals surface area contributed by atoms with E-state index in [2.05, 4.69) is 4.98 Å². The van der Waals surface area contributed by atoms with Gasteiger partial charge in [-0.05, 0) is 42.0 Å². The Morgan fingerprint density at radius 2 is 1.49 bits per heavy atom. The molecule has 11 heteroatoms. The molecule has 0 radical (unpaired) electrons. The summed E-state index contributed by atoms with van der Waals surface area (Å²) in [4.78, 5) is 17.8. The van der Waals surface area contributed by atoms with E-state index in [0.29, 0.717) is 28.9 Å². The predicted octanol–water partition coefficient (Wildman–Crippen LogP) is 4.87. The molecule has 0 atom stereocenters. The van der Waals surface area contributed by atoms with Crippen molar-refractivity contribution in [1.29, 1.82) is 0 Å². The molecule has 4 rings (SSSR count). The highest BCUT2D eigenvalue weighted by atomic mass is 19.4. The van der Waals surface area contributed by atoms with Gasteiger partial charge >= 0.3 is 12.4 Å². The Labute approximate surface area is 194 Å².